The Balaban J connectivity index is 1.90. The van der Waals surface area contributed by atoms with Crippen molar-refractivity contribution < 1.29 is 30.0 Å². The zero-order valence-corrected chi connectivity index (χ0v) is 12.0. The molecule has 7 heteroatoms. The minimum Gasteiger partial charge on any atom is -0.479 e. The van der Waals surface area contributed by atoms with E-state index in [0.717, 1.165) is 10.8 Å². The van der Waals surface area contributed by atoms with Crippen molar-refractivity contribution in [3.63, 3.8) is 0 Å². The second-order valence-electron chi connectivity index (χ2n) is 5.46. The summed E-state index contributed by atoms with van der Waals surface area (Å²) in [5, 5.41) is 43.4. The number of rotatable bonds is 3. The molecule has 1 fully saturated rings. The van der Waals surface area contributed by atoms with Crippen LogP contribution in [-0.2, 0) is 9.53 Å². The third-order valence-electron chi connectivity index (χ3n) is 3.94. The first kappa shape index (κ1) is 15.7. The summed E-state index contributed by atoms with van der Waals surface area (Å²) in [6.07, 6.45) is -7.59. The largest absolute Gasteiger partial charge is 0.479 e. The van der Waals surface area contributed by atoms with Crippen LogP contribution in [0.3, 0.4) is 0 Å². The van der Waals surface area contributed by atoms with E-state index >= 15 is 0 Å². The molecule has 0 radical (unpaired) electrons. The summed E-state index contributed by atoms with van der Waals surface area (Å²) >= 11 is 0. The Morgan fingerprint density at radius 2 is 1.65 bits per heavy atom. The summed E-state index contributed by atoms with van der Waals surface area (Å²) in [7, 11) is 0. The number of carboxylic acid groups (broad SMARTS) is 1. The number of hydrogen-bond donors (Lipinski definition) is 5. The molecule has 0 unspecified atom stereocenters. The molecule has 0 aromatic heterocycles. The zero-order valence-electron chi connectivity index (χ0n) is 12.0. The Morgan fingerprint density at radius 3 is 2.39 bits per heavy atom. The van der Waals surface area contributed by atoms with E-state index in [1.165, 1.54) is 0 Å². The van der Waals surface area contributed by atoms with Gasteiger partial charge in [0.1, 0.15) is 18.3 Å². The van der Waals surface area contributed by atoms with Crippen LogP contribution in [0.15, 0.2) is 42.5 Å². The van der Waals surface area contributed by atoms with Crippen molar-refractivity contribution in [1.82, 2.24) is 0 Å². The van der Waals surface area contributed by atoms with Crippen molar-refractivity contribution >= 4 is 22.4 Å². The lowest BCUT2D eigenvalue weighted by molar-refractivity contribution is -0.221. The molecule has 1 heterocycles. The van der Waals surface area contributed by atoms with Gasteiger partial charge in [-0.1, -0.05) is 36.4 Å². The summed E-state index contributed by atoms with van der Waals surface area (Å²) in [4.78, 5) is 11.1. The van der Waals surface area contributed by atoms with Crippen LogP contribution in [0.2, 0.25) is 0 Å². The van der Waals surface area contributed by atoms with Crippen LogP contribution >= 0.6 is 0 Å². The fourth-order valence-corrected chi connectivity index (χ4v) is 2.71. The summed E-state index contributed by atoms with van der Waals surface area (Å²) in [5.74, 6) is -1.41. The molecular formula is C16H17NO6. The van der Waals surface area contributed by atoms with E-state index in [1.54, 1.807) is 12.1 Å². The fraction of sp³-hybridized carbons (Fsp3) is 0.312. The van der Waals surface area contributed by atoms with Crippen LogP contribution in [0, 0.1) is 0 Å². The Kier molecular flexibility index (Phi) is 4.18. The van der Waals surface area contributed by atoms with Gasteiger partial charge in [0.05, 0.1) is 0 Å². The molecule has 3 rings (SSSR count). The first-order chi connectivity index (χ1) is 11.0. The molecule has 23 heavy (non-hydrogen) atoms. The number of ether oxygens (including phenoxy) is 1. The second kappa shape index (κ2) is 6.13. The smallest absolute Gasteiger partial charge is 0.335 e. The topological polar surface area (TPSA) is 119 Å². The van der Waals surface area contributed by atoms with Crippen LogP contribution in [-0.4, -0.2) is 57.0 Å². The molecule has 2 aromatic carbocycles. The number of aliphatic hydroxyl groups excluding tert-OH is 3. The van der Waals surface area contributed by atoms with E-state index in [2.05, 4.69) is 5.32 Å². The number of carboxylic acids is 1. The van der Waals surface area contributed by atoms with E-state index < -0.39 is 36.6 Å². The first-order valence-corrected chi connectivity index (χ1v) is 7.16. The van der Waals surface area contributed by atoms with Crippen LogP contribution in [0.25, 0.3) is 10.8 Å². The quantitative estimate of drug-likeness (QED) is 0.546. The van der Waals surface area contributed by atoms with Gasteiger partial charge in [-0.2, -0.15) is 0 Å². The lowest BCUT2D eigenvalue weighted by Crippen LogP contribution is -2.61. The fourth-order valence-electron chi connectivity index (χ4n) is 2.71. The number of fused-ring (bicyclic) bond motifs is 1. The van der Waals surface area contributed by atoms with Gasteiger partial charge in [0.25, 0.3) is 0 Å². The summed E-state index contributed by atoms with van der Waals surface area (Å²) in [6, 6.07) is 13.0. The van der Waals surface area contributed by atoms with Gasteiger partial charge in [-0.3, -0.25) is 0 Å². The molecular weight excluding hydrogens is 302 g/mol. The van der Waals surface area contributed by atoms with Gasteiger partial charge in [0.15, 0.2) is 12.3 Å². The lowest BCUT2D eigenvalue weighted by atomic mass is 9.97. The average molecular weight is 319 g/mol. The molecule has 2 aromatic rings. The standard InChI is InChI=1S/C16H17NO6/c18-11-12(19)14(16(21)22)23-15(13(11)20)17-10-7-3-5-8-4-1-2-6-9(8)10/h1-7,11-15,17-20H,(H,21,22)/t11-,12-,13+,14-,15+/m0/s1. The number of benzene rings is 2. The van der Waals surface area contributed by atoms with Crippen LogP contribution in [0.4, 0.5) is 5.69 Å². The number of aliphatic carboxylic acids is 1. The van der Waals surface area contributed by atoms with Crippen LogP contribution < -0.4 is 5.32 Å². The number of anilines is 1. The zero-order chi connectivity index (χ0) is 16.6. The Bertz CT molecular complexity index is 715. The number of hydrogen-bond acceptors (Lipinski definition) is 6. The predicted octanol–water partition coefficient (Wildman–Crippen LogP) is 0.144. The third kappa shape index (κ3) is 2.87. The highest BCUT2D eigenvalue weighted by Gasteiger charge is 2.47. The molecule has 1 aliphatic rings. The van der Waals surface area contributed by atoms with Gasteiger partial charge in [-0.15, -0.1) is 0 Å². The van der Waals surface area contributed by atoms with Crippen molar-refractivity contribution in [1.29, 1.82) is 0 Å². The van der Waals surface area contributed by atoms with Crippen molar-refractivity contribution in [2.75, 3.05) is 5.32 Å². The van der Waals surface area contributed by atoms with Gasteiger partial charge >= 0.3 is 5.97 Å². The maximum atomic E-state index is 11.1. The molecule has 1 saturated heterocycles. The van der Waals surface area contributed by atoms with Crippen molar-refractivity contribution in [2.24, 2.45) is 0 Å². The number of aliphatic hydroxyl groups is 3. The first-order valence-electron chi connectivity index (χ1n) is 7.16. The Morgan fingerprint density at radius 1 is 0.957 bits per heavy atom. The monoisotopic (exact) mass is 319 g/mol. The highest BCUT2D eigenvalue weighted by Crippen LogP contribution is 2.27. The molecule has 5 atom stereocenters. The minimum absolute atomic E-state index is 0.625. The highest BCUT2D eigenvalue weighted by molar-refractivity contribution is 5.93. The average Bonchev–Trinajstić information content (AvgIpc) is 2.55. The van der Waals surface area contributed by atoms with E-state index in [-0.39, 0.29) is 0 Å². The molecule has 0 aliphatic carbocycles. The summed E-state index contributed by atoms with van der Waals surface area (Å²) in [5.41, 5.74) is 0.625. The molecule has 1 aliphatic heterocycles. The normalized spacial score (nSPS) is 31.0. The molecule has 0 saturated carbocycles. The highest BCUT2D eigenvalue weighted by atomic mass is 16.6. The molecule has 5 N–H and O–H groups in total. The van der Waals surface area contributed by atoms with E-state index in [9.17, 15) is 20.1 Å². The molecule has 0 bridgehead atoms. The van der Waals surface area contributed by atoms with Gasteiger partial charge in [0, 0.05) is 11.1 Å². The van der Waals surface area contributed by atoms with Crippen LogP contribution in [0.1, 0.15) is 0 Å². The summed E-state index contributed by atoms with van der Waals surface area (Å²) < 4.78 is 5.22. The SMILES string of the molecule is O=C(O)[C@H]1O[C@@H](Nc2cccc3ccccc23)[C@H](O)[C@@H](O)[C@@H]1O. The van der Waals surface area contributed by atoms with Crippen molar-refractivity contribution in [3.8, 4) is 0 Å². The third-order valence-corrected chi connectivity index (χ3v) is 3.94. The number of nitrogens with one attached hydrogen (secondary N) is 1. The van der Waals surface area contributed by atoms with Crippen molar-refractivity contribution in [2.45, 2.75) is 30.6 Å². The van der Waals surface area contributed by atoms with Gasteiger partial charge in [-0.25, -0.2) is 4.79 Å². The lowest BCUT2D eigenvalue weighted by Gasteiger charge is -2.39. The molecule has 122 valence electrons. The van der Waals surface area contributed by atoms with E-state index in [4.69, 9.17) is 9.84 Å². The Labute approximate surface area is 131 Å². The van der Waals surface area contributed by atoms with Crippen LogP contribution in [0.5, 0.6) is 0 Å². The van der Waals surface area contributed by atoms with Crippen molar-refractivity contribution in [3.05, 3.63) is 42.5 Å². The second-order valence-corrected chi connectivity index (χ2v) is 5.46. The Hall–Kier alpha value is -2.19. The summed E-state index contributed by atoms with van der Waals surface area (Å²) in [6.45, 7) is 0. The minimum atomic E-state index is -1.70. The molecule has 7 nitrogen and oxygen atoms in total. The predicted molar refractivity (Wildman–Crippen MR) is 81.9 cm³/mol. The molecule has 0 amide bonds. The van der Waals surface area contributed by atoms with Gasteiger partial charge < -0.3 is 30.5 Å². The molecule has 0 spiro atoms. The maximum absolute atomic E-state index is 11.1. The van der Waals surface area contributed by atoms with Gasteiger partial charge in [0.2, 0.25) is 0 Å². The van der Waals surface area contributed by atoms with Gasteiger partial charge in [-0.05, 0) is 11.5 Å². The maximum Gasteiger partial charge on any atom is 0.335 e. The van der Waals surface area contributed by atoms with E-state index in [1.807, 2.05) is 30.3 Å². The number of carbonyl (C=O) groups is 1. The van der Waals surface area contributed by atoms with E-state index in [0.29, 0.717) is 5.69 Å².